The molecule has 0 spiro atoms. The van der Waals surface area contributed by atoms with Crippen molar-refractivity contribution in [2.24, 2.45) is 9.98 Å². The second kappa shape index (κ2) is 15.1. The first-order valence-electron chi connectivity index (χ1n) is 24.4. The van der Waals surface area contributed by atoms with E-state index in [1.54, 1.807) is 0 Å². The van der Waals surface area contributed by atoms with Crippen LogP contribution in [-0.4, -0.2) is 20.8 Å². The van der Waals surface area contributed by atoms with Crippen LogP contribution in [0.2, 0.25) is 0 Å². The van der Waals surface area contributed by atoms with Gasteiger partial charge in [-0.15, -0.1) is 0 Å². The van der Waals surface area contributed by atoms with Gasteiger partial charge in [-0.1, -0.05) is 176 Å². The summed E-state index contributed by atoms with van der Waals surface area (Å²) in [6, 6.07) is 86.0. The third-order valence-corrected chi connectivity index (χ3v) is 15.0. The Labute approximate surface area is 408 Å². The molecule has 2 aromatic heterocycles. The van der Waals surface area contributed by atoms with Gasteiger partial charge in [-0.3, -0.25) is 0 Å². The van der Waals surface area contributed by atoms with Crippen LogP contribution in [0.15, 0.2) is 247 Å². The van der Waals surface area contributed by atoms with Crippen LogP contribution in [0.4, 0.5) is 0 Å². The minimum absolute atomic E-state index is 0.680. The predicted molar refractivity (Wildman–Crippen MR) is 299 cm³/mol. The molecule has 15 rings (SSSR count). The minimum Gasteiger partial charge on any atom is -0.342 e. The van der Waals surface area contributed by atoms with Crippen molar-refractivity contribution in [2.45, 2.75) is 12.6 Å². The monoisotopic (exact) mass is 905 g/mol. The molecule has 1 unspecified atom stereocenters. The summed E-state index contributed by atoms with van der Waals surface area (Å²) in [7, 11) is 0. The highest BCUT2D eigenvalue weighted by Gasteiger charge is 2.35. The van der Waals surface area contributed by atoms with E-state index in [1.165, 1.54) is 70.3 Å². The van der Waals surface area contributed by atoms with Gasteiger partial charge in [0.2, 0.25) is 0 Å². The van der Waals surface area contributed by atoms with Gasteiger partial charge >= 0.3 is 0 Å². The lowest BCUT2D eigenvalue weighted by molar-refractivity contribution is 0.459. The second-order valence-corrected chi connectivity index (χ2v) is 19.1. The van der Waals surface area contributed by atoms with E-state index in [0.29, 0.717) is 5.84 Å². The van der Waals surface area contributed by atoms with Gasteiger partial charge in [-0.05, 0) is 116 Å². The second-order valence-electron chi connectivity index (χ2n) is 19.1. The molecule has 0 saturated heterocycles. The Morgan fingerprint density at radius 2 is 0.915 bits per heavy atom. The zero-order valence-electron chi connectivity index (χ0n) is 38.8. The molecule has 5 heteroatoms. The van der Waals surface area contributed by atoms with Crippen molar-refractivity contribution in [2.75, 3.05) is 0 Å². The van der Waals surface area contributed by atoms with E-state index < -0.39 is 5.66 Å². The molecule has 0 aliphatic carbocycles. The average molecular weight is 906 g/mol. The summed E-state index contributed by atoms with van der Waals surface area (Å²) < 4.78 is 4.98. The molecule has 0 saturated carbocycles. The van der Waals surface area contributed by atoms with E-state index >= 15 is 0 Å². The van der Waals surface area contributed by atoms with Gasteiger partial charge in [0.15, 0.2) is 11.5 Å². The fraction of sp³-hybridized carbons (Fsp3) is 0.0303. The molecule has 1 aliphatic rings. The Hall–Kier alpha value is -9.32. The van der Waals surface area contributed by atoms with Gasteiger partial charge in [0.25, 0.3) is 0 Å². The number of hydrogen-bond donors (Lipinski definition) is 1. The van der Waals surface area contributed by atoms with Gasteiger partial charge in [0.05, 0.1) is 33.4 Å². The molecular formula is C66H43N5. The van der Waals surface area contributed by atoms with Crippen molar-refractivity contribution in [3.8, 4) is 11.4 Å². The van der Waals surface area contributed by atoms with E-state index in [1.807, 2.05) is 0 Å². The summed E-state index contributed by atoms with van der Waals surface area (Å²) >= 11 is 0. The minimum atomic E-state index is -0.866. The number of fused-ring (bicyclic) bond motifs is 12. The Bertz CT molecular complexity index is 4630. The van der Waals surface area contributed by atoms with Gasteiger partial charge < -0.3 is 14.5 Å². The van der Waals surface area contributed by atoms with E-state index in [9.17, 15) is 0 Å². The largest absolute Gasteiger partial charge is 0.342 e. The zero-order valence-corrected chi connectivity index (χ0v) is 38.8. The number of aromatic nitrogens is 2. The summed E-state index contributed by atoms with van der Waals surface area (Å²) in [4.78, 5) is 11.1. The Kier molecular flexibility index (Phi) is 8.43. The Morgan fingerprint density at radius 3 is 1.66 bits per heavy atom. The van der Waals surface area contributed by atoms with Crippen LogP contribution in [0.1, 0.15) is 23.6 Å². The number of para-hydroxylation sites is 1. The van der Waals surface area contributed by atoms with Crippen molar-refractivity contribution in [3.05, 3.63) is 253 Å². The number of hydrogen-bond acceptors (Lipinski definition) is 3. The van der Waals surface area contributed by atoms with Crippen LogP contribution >= 0.6 is 0 Å². The molecule has 0 bridgehead atoms. The van der Waals surface area contributed by atoms with Crippen LogP contribution in [0.25, 0.3) is 109 Å². The van der Waals surface area contributed by atoms with E-state index in [-0.39, 0.29) is 0 Å². The molecule has 3 heterocycles. The molecule has 0 fully saturated rings. The van der Waals surface area contributed by atoms with E-state index in [2.05, 4.69) is 258 Å². The third-order valence-electron chi connectivity index (χ3n) is 15.0. The van der Waals surface area contributed by atoms with Crippen LogP contribution in [-0.2, 0) is 5.66 Å². The van der Waals surface area contributed by atoms with E-state index in [4.69, 9.17) is 9.98 Å². The summed E-state index contributed by atoms with van der Waals surface area (Å²) in [5, 5.41) is 20.6. The standard InChI is InChI=1S/C66H43N5/c1-66(56-38-46-24-9-10-25-47(46)48-26-11-13-28-50(48)56)68-64(41-18-3-2-4-19-41)67-65(69-66)53-34-35-58(51-29-14-12-27-49(51)53)71-60-33-17-32-59(63(60)55-37-43-21-6-8-23-45(43)40-62(55)71)70-57-31-16-15-30-52(57)54-36-42-20-5-7-22-44(42)39-61(54)70/h2-40H,1H3,(H,67,68,69). The van der Waals surface area contributed by atoms with Crippen molar-refractivity contribution >= 4 is 109 Å². The van der Waals surface area contributed by atoms with Gasteiger partial charge in [0.1, 0.15) is 5.84 Å². The average Bonchev–Trinajstić information content (AvgIpc) is 3.93. The first-order chi connectivity index (χ1) is 35.1. The van der Waals surface area contributed by atoms with Crippen LogP contribution in [0, 0.1) is 0 Å². The maximum absolute atomic E-state index is 5.68. The van der Waals surface area contributed by atoms with Crippen LogP contribution in [0.3, 0.4) is 0 Å². The summed E-state index contributed by atoms with van der Waals surface area (Å²) in [5.41, 5.74) is 9.10. The highest BCUT2D eigenvalue weighted by Crippen LogP contribution is 2.44. The highest BCUT2D eigenvalue weighted by molar-refractivity contribution is 6.22. The molecule has 71 heavy (non-hydrogen) atoms. The zero-order chi connectivity index (χ0) is 46.8. The molecule has 1 atom stereocenters. The molecule has 1 N–H and O–H groups in total. The van der Waals surface area contributed by atoms with Crippen LogP contribution in [0.5, 0.6) is 0 Å². The molecule has 1 aliphatic heterocycles. The van der Waals surface area contributed by atoms with Crippen molar-refractivity contribution in [3.63, 3.8) is 0 Å². The maximum atomic E-state index is 5.68. The molecule has 332 valence electrons. The summed E-state index contributed by atoms with van der Waals surface area (Å²) in [5.74, 6) is 1.46. The molecule has 14 aromatic rings. The quantitative estimate of drug-likeness (QED) is 0.172. The number of amidine groups is 2. The molecule has 12 aromatic carbocycles. The number of rotatable bonds is 5. The van der Waals surface area contributed by atoms with Gasteiger partial charge in [-0.2, -0.15) is 0 Å². The lowest BCUT2D eigenvalue weighted by Gasteiger charge is -2.34. The molecular weight excluding hydrogens is 863 g/mol. The van der Waals surface area contributed by atoms with Gasteiger partial charge in [-0.25, -0.2) is 9.98 Å². The summed E-state index contributed by atoms with van der Waals surface area (Å²) in [6.07, 6.45) is 0. The number of nitrogens with zero attached hydrogens (tertiary/aromatic N) is 4. The lowest BCUT2D eigenvalue weighted by atomic mass is 9.90. The predicted octanol–water partition coefficient (Wildman–Crippen LogP) is 16.3. The molecule has 5 nitrogen and oxygen atoms in total. The third kappa shape index (κ3) is 5.93. The number of benzene rings is 12. The van der Waals surface area contributed by atoms with Crippen LogP contribution < -0.4 is 5.32 Å². The number of nitrogens with one attached hydrogen (secondary N) is 1. The summed E-state index contributed by atoms with van der Waals surface area (Å²) in [6.45, 7) is 2.19. The fourth-order valence-corrected chi connectivity index (χ4v) is 11.8. The number of aliphatic imine (C=N–C) groups is 2. The molecule has 0 amide bonds. The van der Waals surface area contributed by atoms with E-state index in [0.717, 1.165) is 61.1 Å². The van der Waals surface area contributed by atoms with Crippen molar-refractivity contribution in [1.29, 1.82) is 0 Å². The fourth-order valence-electron chi connectivity index (χ4n) is 11.8. The maximum Gasteiger partial charge on any atom is 0.160 e. The van der Waals surface area contributed by atoms with Crippen molar-refractivity contribution < 1.29 is 0 Å². The lowest BCUT2D eigenvalue weighted by Crippen LogP contribution is -2.46. The Balaban J connectivity index is 0.993. The normalized spacial score (nSPS) is 15.2. The SMILES string of the molecule is CC1(c2cc3ccccc3c3ccccc23)N=C(c2ccc(-n3c4cc5ccccc5cc4c4c(-n5c6ccccc6c6cc7ccccc7cc65)cccc43)c3ccccc23)N=C(c2ccccc2)N1. The van der Waals surface area contributed by atoms with Gasteiger partial charge in [0, 0.05) is 43.6 Å². The Morgan fingerprint density at radius 1 is 0.366 bits per heavy atom. The highest BCUT2D eigenvalue weighted by atomic mass is 15.2. The molecule has 0 radical (unpaired) electrons. The smallest absolute Gasteiger partial charge is 0.160 e. The van der Waals surface area contributed by atoms with Crippen molar-refractivity contribution in [1.82, 2.24) is 14.5 Å². The topological polar surface area (TPSA) is 46.6 Å². The first kappa shape index (κ1) is 39.7. The first-order valence-corrected chi connectivity index (χ1v) is 24.4.